The van der Waals surface area contributed by atoms with Crippen molar-refractivity contribution in [2.24, 2.45) is 5.92 Å². The molecule has 5 nitrogen and oxygen atoms in total. The molecule has 1 aliphatic rings. The minimum Gasteiger partial charge on any atom is -0.393 e. The van der Waals surface area contributed by atoms with Gasteiger partial charge in [-0.25, -0.2) is 4.98 Å². The lowest BCUT2D eigenvalue weighted by Crippen LogP contribution is -2.37. The Morgan fingerprint density at radius 1 is 1.50 bits per heavy atom. The summed E-state index contributed by atoms with van der Waals surface area (Å²) in [6.45, 7) is 6.74. The second-order valence-electron chi connectivity index (χ2n) is 5.36. The van der Waals surface area contributed by atoms with E-state index in [4.69, 9.17) is 0 Å². The van der Waals surface area contributed by atoms with Gasteiger partial charge in [0.2, 0.25) is 5.95 Å². The van der Waals surface area contributed by atoms with E-state index in [1.807, 2.05) is 6.92 Å². The summed E-state index contributed by atoms with van der Waals surface area (Å²) >= 11 is 3.53. The van der Waals surface area contributed by atoms with Gasteiger partial charge in [-0.15, -0.1) is 0 Å². The molecule has 1 aromatic rings. The first-order chi connectivity index (χ1) is 9.61. The number of aliphatic hydroxyl groups excluding tert-OH is 1. The van der Waals surface area contributed by atoms with Crippen LogP contribution in [-0.2, 0) is 0 Å². The van der Waals surface area contributed by atoms with Gasteiger partial charge in [0.15, 0.2) is 0 Å². The lowest BCUT2D eigenvalue weighted by atomic mass is 9.92. The minimum absolute atomic E-state index is 0.215. The summed E-state index contributed by atoms with van der Waals surface area (Å²) in [4.78, 5) is 11.1. The van der Waals surface area contributed by atoms with Crippen molar-refractivity contribution in [3.8, 4) is 0 Å². The summed E-state index contributed by atoms with van der Waals surface area (Å²) < 4.78 is 0.926. The van der Waals surface area contributed by atoms with Crippen LogP contribution in [0, 0.1) is 5.92 Å². The monoisotopic (exact) mass is 342 g/mol. The Kier molecular flexibility index (Phi) is 5.60. The predicted octanol–water partition coefficient (Wildman–Crippen LogP) is 2.66. The zero-order valence-electron chi connectivity index (χ0n) is 12.1. The first-order valence-corrected chi connectivity index (χ1v) is 8.10. The number of hydrogen-bond acceptors (Lipinski definition) is 5. The van der Waals surface area contributed by atoms with Crippen LogP contribution in [0.3, 0.4) is 0 Å². The van der Waals surface area contributed by atoms with Crippen molar-refractivity contribution >= 4 is 27.7 Å². The molecule has 0 saturated carbocycles. The van der Waals surface area contributed by atoms with Gasteiger partial charge in [-0.3, -0.25) is 0 Å². The Morgan fingerprint density at radius 2 is 2.20 bits per heavy atom. The first-order valence-electron chi connectivity index (χ1n) is 7.31. The minimum atomic E-state index is -0.215. The van der Waals surface area contributed by atoms with Crippen LogP contribution in [0.5, 0.6) is 0 Å². The Labute approximate surface area is 128 Å². The number of anilines is 2. The fraction of sp³-hybridized carbons (Fsp3) is 0.714. The normalized spacial score (nSPS) is 18.1. The number of nitrogens with one attached hydrogen (secondary N) is 1. The summed E-state index contributed by atoms with van der Waals surface area (Å²) in [5, 5.41) is 12.9. The van der Waals surface area contributed by atoms with Crippen LogP contribution < -0.4 is 10.2 Å². The summed E-state index contributed by atoms with van der Waals surface area (Å²) in [6, 6.07) is 0. The van der Waals surface area contributed by atoms with Crippen LogP contribution in [0.1, 0.15) is 33.1 Å². The number of hydrogen-bond donors (Lipinski definition) is 2. The van der Waals surface area contributed by atoms with E-state index in [0.717, 1.165) is 49.2 Å². The lowest BCUT2D eigenvalue weighted by molar-refractivity contribution is 0.109. The molecule has 0 aromatic carbocycles. The molecule has 1 aromatic heterocycles. The summed E-state index contributed by atoms with van der Waals surface area (Å²) in [7, 11) is 0. The molecule has 0 bridgehead atoms. The molecule has 1 aliphatic heterocycles. The van der Waals surface area contributed by atoms with Gasteiger partial charge in [0.05, 0.1) is 10.6 Å². The van der Waals surface area contributed by atoms with Gasteiger partial charge in [0.25, 0.3) is 0 Å². The van der Waals surface area contributed by atoms with Crippen molar-refractivity contribution in [1.82, 2.24) is 9.97 Å². The highest BCUT2D eigenvalue weighted by Crippen LogP contribution is 2.29. The average Bonchev–Trinajstić information content (AvgIpc) is 2.46. The molecule has 2 N–H and O–H groups in total. The molecule has 20 heavy (non-hydrogen) atoms. The molecule has 6 heteroatoms. The average molecular weight is 343 g/mol. The SMILES string of the molecule is CCCNc1ncc(Br)c(N2CCC(C(C)O)CC2)n1. The van der Waals surface area contributed by atoms with Gasteiger partial charge < -0.3 is 15.3 Å². The molecule has 112 valence electrons. The van der Waals surface area contributed by atoms with E-state index in [0.29, 0.717) is 11.9 Å². The fourth-order valence-corrected chi connectivity index (χ4v) is 2.94. The summed E-state index contributed by atoms with van der Waals surface area (Å²) in [6.07, 6.45) is 4.65. The standard InChI is InChI=1S/C14H23BrN4O/c1-3-6-16-14-17-9-12(15)13(18-14)19-7-4-11(5-8-19)10(2)20/h9-11,20H,3-8H2,1-2H3,(H,16,17,18). The number of piperidine rings is 1. The second-order valence-corrected chi connectivity index (χ2v) is 6.21. The van der Waals surface area contributed by atoms with E-state index in [2.05, 4.69) is 43.0 Å². The fourth-order valence-electron chi connectivity index (χ4n) is 2.50. The first kappa shape index (κ1) is 15.5. The van der Waals surface area contributed by atoms with Crippen molar-refractivity contribution in [2.45, 2.75) is 39.2 Å². The highest BCUT2D eigenvalue weighted by molar-refractivity contribution is 9.10. The van der Waals surface area contributed by atoms with E-state index in [9.17, 15) is 5.11 Å². The lowest BCUT2D eigenvalue weighted by Gasteiger charge is -2.34. The Balaban J connectivity index is 2.05. The smallest absolute Gasteiger partial charge is 0.224 e. The Bertz CT molecular complexity index is 433. The van der Waals surface area contributed by atoms with Crippen LogP contribution in [0.25, 0.3) is 0 Å². The third-order valence-corrected chi connectivity index (χ3v) is 4.34. The van der Waals surface area contributed by atoms with E-state index < -0.39 is 0 Å². The Morgan fingerprint density at radius 3 is 2.80 bits per heavy atom. The number of aromatic nitrogens is 2. The molecule has 2 rings (SSSR count). The zero-order chi connectivity index (χ0) is 14.5. The topological polar surface area (TPSA) is 61.3 Å². The van der Waals surface area contributed by atoms with Crippen molar-refractivity contribution in [2.75, 3.05) is 29.9 Å². The predicted molar refractivity (Wildman–Crippen MR) is 85.1 cm³/mol. The molecule has 1 unspecified atom stereocenters. The van der Waals surface area contributed by atoms with Crippen molar-refractivity contribution in [3.05, 3.63) is 10.7 Å². The van der Waals surface area contributed by atoms with E-state index in [-0.39, 0.29) is 6.10 Å². The van der Waals surface area contributed by atoms with Crippen LogP contribution in [0.15, 0.2) is 10.7 Å². The molecule has 2 heterocycles. The summed E-state index contributed by atoms with van der Waals surface area (Å²) in [5.41, 5.74) is 0. The maximum absolute atomic E-state index is 9.67. The number of rotatable bonds is 5. The maximum Gasteiger partial charge on any atom is 0.224 e. The largest absolute Gasteiger partial charge is 0.393 e. The van der Waals surface area contributed by atoms with Gasteiger partial charge in [0.1, 0.15) is 5.82 Å². The van der Waals surface area contributed by atoms with Crippen LogP contribution in [0.2, 0.25) is 0 Å². The van der Waals surface area contributed by atoms with Gasteiger partial charge in [0, 0.05) is 25.8 Å². The highest BCUT2D eigenvalue weighted by atomic mass is 79.9. The third-order valence-electron chi connectivity index (χ3n) is 3.78. The number of halogens is 1. The van der Waals surface area contributed by atoms with Crippen LogP contribution >= 0.6 is 15.9 Å². The second kappa shape index (κ2) is 7.22. The molecule has 0 amide bonds. The summed E-state index contributed by atoms with van der Waals surface area (Å²) in [5.74, 6) is 2.04. The van der Waals surface area contributed by atoms with E-state index in [1.54, 1.807) is 6.20 Å². The van der Waals surface area contributed by atoms with E-state index >= 15 is 0 Å². The molecule has 1 atom stereocenters. The Hall–Kier alpha value is -0.880. The van der Waals surface area contributed by atoms with Crippen LogP contribution in [-0.4, -0.2) is 40.8 Å². The van der Waals surface area contributed by atoms with Crippen molar-refractivity contribution < 1.29 is 5.11 Å². The van der Waals surface area contributed by atoms with Gasteiger partial charge in [-0.05, 0) is 48.0 Å². The van der Waals surface area contributed by atoms with Crippen molar-refractivity contribution in [1.29, 1.82) is 0 Å². The molecule has 0 radical (unpaired) electrons. The van der Waals surface area contributed by atoms with Gasteiger partial charge in [-0.2, -0.15) is 4.98 Å². The molecular formula is C14H23BrN4O. The number of aliphatic hydroxyl groups is 1. The molecular weight excluding hydrogens is 320 g/mol. The molecule has 1 fully saturated rings. The molecule has 0 spiro atoms. The van der Waals surface area contributed by atoms with Gasteiger partial charge >= 0.3 is 0 Å². The van der Waals surface area contributed by atoms with E-state index in [1.165, 1.54) is 0 Å². The third kappa shape index (κ3) is 3.82. The maximum atomic E-state index is 9.67. The highest BCUT2D eigenvalue weighted by Gasteiger charge is 2.24. The van der Waals surface area contributed by atoms with Crippen molar-refractivity contribution in [3.63, 3.8) is 0 Å². The molecule has 1 saturated heterocycles. The molecule has 0 aliphatic carbocycles. The zero-order valence-corrected chi connectivity index (χ0v) is 13.7. The van der Waals surface area contributed by atoms with Gasteiger partial charge in [-0.1, -0.05) is 6.92 Å². The van der Waals surface area contributed by atoms with Crippen LogP contribution in [0.4, 0.5) is 11.8 Å². The quantitative estimate of drug-likeness (QED) is 0.861. The number of nitrogens with zero attached hydrogens (tertiary/aromatic N) is 3.